The minimum atomic E-state index is -0.943. The van der Waals surface area contributed by atoms with Crippen LogP contribution >= 0.6 is 12.1 Å². The Morgan fingerprint density at radius 2 is 1.94 bits per heavy atom. The Morgan fingerprint density at radius 3 is 2.58 bits per heavy atom. The van der Waals surface area contributed by atoms with Crippen molar-refractivity contribution in [1.29, 1.82) is 0 Å². The lowest BCUT2D eigenvalue weighted by molar-refractivity contribution is -0.132. The first-order valence-electron chi connectivity index (χ1n) is 10.6. The molecule has 31 heavy (non-hydrogen) atoms. The molecule has 0 N–H and O–H groups in total. The first-order chi connectivity index (χ1) is 14.7. The van der Waals surface area contributed by atoms with Crippen LogP contribution in [0.3, 0.4) is 0 Å². The predicted octanol–water partition coefficient (Wildman–Crippen LogP) is 3.95. The normalized spacial score (nSPS) is 14.8. The monoisotopic (exact) mass is 453 g/mol. The van der Waals surface area contributed by atoms with Gasteiger partial charge in [0.15, 0.2) is 5.78 Å². The summed E-state index contributed by atoms with van der Waals surface area (Å²) in [6, 6.07) is 3.98. The summed E-state index contributed by atoms with van der Waals surface area (Å²) in [4.78, 5) is 44.3. The summed E-state index contributed by atoms with van der Waals surface area (Å²) in [6.07, 6.45) is 5.05. The highest BCUT2D eigenvalue weighted by atomic mass is 32.2. The fourth-order valence-corrected chi connectivity index (χ4v) is 3.61. The number of likely N-dealkylation sites (tertiary alicyclic amines) is 1. The van der Waals surface area contributed by atoms with Crippen LogP contribution in [0.25, 0.3) is 0 Å². The van der Waals surface area contributed by atoms with Crippen molar-refractivity contribution in [3.8, 4) is 0 Å². The van der Waals surface area contributed by atoms with Gasteiger partial charge in [0.1, 0.15) is 11.4 Å². The first-order valence-corrected chi connectivity index (χ1v) is 11.5. The van der Waals surface area contributed by atoms with Crippen LogP contribution in [0, 0.1) is 0 Å². The van der Waals surface area contributed by atoms with Crippen LogP contribution in [0.2, 0.25) is 0 Å². The SMILES string of the molecule is CC(C)(C)OC(=O)N(CC(=O)CCc1cc(CN2CCCCC2)ccn1)C(=O)CSF. The van der Waals surface area contributed by atoms with Gasteiger partial charge in [-0.3, -0.25) is 19.5 Å². The van der Waals surface area contributed by atoms with E-state index in [4.69, 9.17) is 4.74 Å². The van der Waals surface area contributed by atoms with Crippen LogP contribution in [0.5, 0.6) is 0 Å². The van der Waals surface area contributed by atoms with Gasteiger partial charge in [-0.2, -0.15) is 3.89 Å². The second-order valence-electron chi connectivity index (χ2n) is 8.74. The van der Waals surface area contributed by atoms with Crippen molar-refractivity contribution in [3.05, 3.63) is 29.6 Å². The second kappa shape index (κ2) is 12.1. The van der Waals surface area contributed by atoms with E-state index in [2.05, 4.69) is 9.88 Å². The molecule has 1 aliphatic rings. The largest absolute Gasteiger partial charge is 0.443 e. The van der Waals surface area contributed by atoms with Crippen LogP contribution in [-0.2, 0) is 27.3 Å². The van der Waals surface area contributed by atoms with E-state index in [1.165, 1.54) is 19.3 Å². The maximum Gasteiger partial charge on any atom is 0.417 e. The molecule has 1 fully saturated rings. The van der Waals surface area contributed by atoms with Crippen LogP contribution in [-0.4, -0.2) is 63.6 Å². The third kappa shape index (κ3) is 9.35. The smallest absolute Gasteiger partial charge is 0.417 e. The molecule has 1 aromatic rings. The minimum absolute atomic E-state index is 0.121. The molecule has 9 heteroatoms. The summed E-state index contributed by atoms with van der Waals surface area (Å²) in [5, 5.41) is 0. The lowest BCUT2D eigenvalue weighted by Crippen LogP contribution is -2.44. The minimum Gasteiger partial charge on any atom is -0.443 e. The Bertz CT molecular complexity index is 763. The van der Waals surface area contributed by atoms with Crippen molar-refractivity contribution in [1.82, 2.24) is 14.8 Å². The molecule has 0 saturated carbocycles. The number of pyridine rings is 1. The van der Waals surface area contributed by atoms with Crippen molar-refractivity contribution in [3.63, 3.8) is 0 Å². The first kappa shape index (κ1) is 25.3. The number of ether oxygens (including phenoxy) is 1. The van der Waals surface area contributed by atoms with Gasteiger partial charge in [0.2, 0.25) is 5.91 Å². The van der Waals surface area contributed by atoms with Gasteiger partial charge < -0.3 is 4.74 Å². The number of carbonyl (C=O) groups excluding carboxylic acids is 3. The van der Waals surface area contributed by atoms with Crippen LogP contribution in [0.15, 0.2) is 18.3 Å². The molecule has 1 aromatic heterocycles. The molecular formula is C22H32FN3O4S. The molecule has 2 heterocycles. The number of amides is 2. The van der Waals surface area contributed by atoms with Gasteiger partial charge >= 0.3 is 6.09 Å². The molecule has 2 rings (SSSR count). The molecular weight excluding hydrogens is 421 g/mol. The van der Waals surface area contributed by atoms with Crippen molar-refractivity contribution in [2.75, 3.05) is 25.4 Å². The quantitative estimate of drug-likeness (QED) is 0.560. The zero-order valence-electron chi connectivity index (χ0n) is 18.6. The van der Waals surface area contributed by atoms with Gasteiger partial charge in [-0.25, -0.2) is 9.69 Å². The average Bonchev–Trinajstić information content (AvgIpc) is 2.70. The number of piperidine rings is 1. The lowest BCUT2D eigenvalue weighted by atomic mass is 10.1. The molecule has 0 aromatic carbocycles. The molecule has 2 amide bonds. The summed E-state index contributed by atoms with van der Waals surface area (Å²) in [5.74, 6) is -1.66. The molecule has 0 atom stereocenters. The number of ketones is 1. The Kier molecular flexibility index (Phi) is 9.90. The fraction of sp³-hybridized carbons (Fsp3) is 0.636. The number of aryl methyl sites for hydroxylation is 1. The Morgan fingerprint density at radius 1 is 1.23 bits per heavy atom. The van der Waals surface area contributed by atoms with Gasteiger partial charge in [0.05, 0.1) is 18.7 Å². The molecule has 172 valence electrons. The zero-order valence-corrected chi connectivity index (χ0v) is 19.4. The maximum absolute atomic E-state index is 12.5. The number of hydrogen-bond acceptors (Lipinski definition) is 7. The van der Waals surface area contributed by atoms with E-state index in [0.29, 0.717) is 11.3 Å². The lowest BCUT2D eigenvalue weighted by Gasteiger charge is -2.26. The average molecular weight is 454 g/mol. The van der Waals surface area contributed by atoms with E-state index >= 15 is 0 Å². The summed E-state index contributed by atoms with van der Waals surface area (Å²) in [6.45, 7) is 7.59. The van der Waals surface area contributed by atoms with E-state index < -0.39 is 29.9 Å². The van der Waals surface area contributed by atoms with Crippen molar-refractivity contribution in [2.45, 2.75) is 65.0 Å². The number of rotatable bonds is 9. The Labute approximate surface area is 188 Å². The second-order valence-corrected chi connectivity index (χ2v) is 9.25. The van der Waals surface area contributed by atoms with Crippen LogP contribution < -0.4 is 0 Å². The van der Waals surface area contributed by atoms with Crippen molar-refractivity contribution >= 4 is 29.9 Å². The molecule has 7 nitrogen and oxygen atoms in total. The highest BCUT2D eigenvalue weighted by Gasteiger charge is 2.29. The fourth-order valence-electron chi connectivity index (χ4n) is 3.36. The Balaban J connectivity index is 1.92. The number of imide groups is 1. The summed E-state index contributed by atoms with van der Waals surface area (Å²) >= 11 is -0.198. The van der Waals surface area contributed by atoms with Crippen LogP contribution in [0.4, 0.5) is 8.68 Å². The van der Waals surface area contributed by atoms with Crippen molar-refractivity contribution in [2.24, 2.45) is 0 Å². The molecule has 0 aliphatic carbocycles. The standard InChI is InChI=1S/C22H32FN3O4S/c1-22(2,3)30-21(29)26(20(28)16-31-23)15-19(27)8-7-18-13-17(9-10-24-18)14-25-11-5-4-6-12-25/h9-10,13H,4-8,11-12,14-16H2,1-3H3. The number of hydrogen-bond donors (Lipinski definition) is 0. The number of nitrogens with zero attached hydrogens (tertiary/aromatic N) is 3. The van der Waals surface area contributed by atoms with E-state index in [9.17, 15) is 18.3 Å². The summed E-state index contributed by atoms with van der Waals surface area (Å²) in [7, 11) is 0. The van der Waals surface area contributed by atoms with Crippen molar-refractivity contribution < 1.29 is 23.0 Å². The van der Waals surface area contributed by atoms with Gasteiger partial charge in [-0.05, 0) is 70.8 Å². The number of carbonyl (C=O) groups is 3. The third-order valence-corrected chi connectivity index (χ3v) is 5.18. The molecule has 0 unspecified atom stereocenters. The molecule has 1 saturated heterocycles. The number of halogens is 1. The van der Waals surface area contributed by atoms with E-state index in [1.54, 1.807) is 27.0 Å². The predicted molar refractivity (Wildman–Crippen MR) is 118 cm³/mol. The topological polar surface area (TPSA) is 79.8 Å². The maximum atomic E-state index is 12.5. The summed E-state index contributed by atoms with van der Waals surface area (Å²) < 4.78 is 17.7. The number of Topliss-reactive ketones (excluding diaryl/α,β-unsaturated/α-hetero) is 1. The zero-order chi connectivity index (χ0) is 22.9. The third-order valence-electron chi connectivity index (χ3n) is 4.82. The summed E-state index contributed by atoms with van der Waals surface area (Å²) in [5.41, 5.74) is 1.11. The molecule has 0 radical (unpaired) electrons. The van der Waals surface area contributed by atoms with Crippen LogP contribution in [0.1, 0.15) is 57.7 Å². The highest BCUT2D eigenvalue weighted by molar-refractivity contribution is 7.95. The molecule has 0 spiro atoms. The van der Waals surface area contributed by atoms with E-state index in [-0.39, 0.29) is 24.4 Å². The molecule has 1 aliphatic heterocycles. The van der Waals surface area contributed by atoms with Gasteiger partial charge in [-0.1, -0.05) is 6.42 Å². The van der Waals surface area contributed by atoms with Gasteiger partial charge in [0.25, 0.3) is 0 Å². The van der Waals surface area contributed by atoms with Gasteiger partial charge in [0, 0.05) is 24.9 Å². The highest BCUT2D eigenvalue weighted by Crippen LogP contribution is 2.15. The van der Waals surface area contributed by atoms with Gasteiger partial charge in [-0.15, -0.1) is 0 Å². The number of aromatic nitrogens is 1. The van der Waals surface area contributed by atoms with E-state index in [1.807, 2.05) is 12.1 Å². The molecule has 0 bridgehead atoms. The Hall–Kier alpha value is -2.00. The van der Waals surface area contributed by atoms with E-state index in [0.717, 1.165) is 30.9 Å².